The number of hydrogen-bond acceptors (Lipinski definition) is 6. The lowest BCUT2D eigenvalue weighted by Crippen LogP contribution is -2.11. The van der Waals surface area contributed by atoms with Crippen molar-refractivity contribution in [3.8, 4) is 5.75 Å². The first-order valence-electron chi connectivity index (χ1n) is 10.6. The number of halogens is 1. The molecule has 0 aliphatic rings. The molecule has 178 valence electrons. The third-order valence-corrected chi connectivity index (χ3v) is 6.42. The number of carbonyl (C=O) groups is 1. The smallest absolute Gasteiger partial charge is 0.291 e. The molecule has 4 rings (SSSR count). The second kappa shape index (κ2) is 10.7. The van der Waals surface area contributed by atoms with Crippen molar-refractivity contribution in [1.29, 1.82) is 0 Å². The number of hydrogen-bond donors (Lipinski definition) is 1. The van der Waals surface area contributed by atoms with Crippen molar-refractivity contribution < 1.29 is 18.9 Å². The minimum Gasteiger partial charge on any atom is -0.486 e. The fourth-order valence-electron chi connectivity index (χ4n) is 3.19. The van der Waals surface area contributed by atoms with E-state index in [4.69, 9.17) is 20.8 Å². The fraction of sp³-hybridized carbons (Fsp3) is 0.115. The highest BCUT2D eigenvalue weighted by Gasteiger charge is 2.16. The first-order valence-corrected chi connectivity index (χ1v) is 11.8. The van der Waals surface area contributed by atoms with Gasteiger partial charge >= 0.3 is 0 Å². The van der Waals surface area contributed by atoms with E-state index >= 15 is 0 Å². The van der Waals surface area contributed by atoms with Crippen LogP contribution in [0.25, 0.3) is 0 Å². The summed E-state index contributed by atoms with van der Waals surface area (Å²) in [5, 5.41) is 14.8. The fourth-order valence-corrected chi connectivity index (χ4v) is 4.22. The van der Waals surface area contributed by atoms with Crippen molar-refractivity contribution in [2.24, 2.45) is 0 Å². The maximum absolute atomic E-state index is 12.7. The molecule has 9 heteroatoms. The van der Waals surface area contributed by atoms with Gasteiger partial charge in [0.1, 0.15) is 18.1 Å². The maximum Gasteiger partial charge on any atom is 0.291 e. The van der Waals surface area contributed by atoms with Crippen molar-refractivity contribution >= 4 is 40.6 Å². The summed E-state index contributed by atoms with van der Waals surface area (Å²) in [6, 6.07) is 20.8. The van der Waals surface area contributed by atoms with Crippen molar-refractivity contribution in [3.63, 3.8) is 0 Å². The zero-order valence-corrected chi connectivity index (χ0v) is 20.5. The molecule has 4 aromatic rings. The van der Waals surface area contributed by atoms with Gasteiger partial charge in [-0.25, -0.2) is 0 Å². The van der Waals surface area contributed by atoms with Crippen molar-refractivity contribution in [2.75, 3.05) is 5.32 Å². The van der Waals surface area contributed by atoms with E-state index in [1.165, 1.54) is 30.0 Å². The summed E-state index contributed by atoms with van der Waals surface area (Å²) in [7, 11) is 0. The van der Waals surface area contributed by atoms with Crippen molar-refractivity contribution in [3.05, 3.63) is 111 Å². The number of nitro groups is 1. The van der Waals surface area contributed by atoms with E-state index in [9.17, 15) is 14.9 Å². The SMILES string of the molecule is Cc1ccc(Sc2cc(NC(=O)c3ccc(COc4ccc(Cl)c(C)c4)o3)cc([N+](=O)[O-])c2)cc1. The summed E-state index contributed by atoms with van der Waals surface area (Å²) in [5.74, 6) is 0.627. The number of rotatable bonds is 8. The second-order valence-corrected chi connectivity index (χ2v) is 9.36. The van der Waals surface area contributed by atoms with Gasteiger partial charge in [0.15, 0.2) is 5.76 Å². The van der Waals surface area contributed by atoms with E-state index in [1.807, 2.05) is 44.2 Å². The van der Waals surface area contributed by atoms with Crippen LogP contribution in [0.2, 0.25) is 5.02 Å². The maximum atomic E-state index is 12.7. The predicted molar refractivity (Wildman–Crippen MR) is 136 cm³/mol. The number of amides is 1. The number of aryl methyl sites for hydroxylation is 2. The van der Waals surface area contributed by atoms with Crippen LogP contribution >= 0.6 is 23.4 Å². The number of non-ortho nitro benzene ring substituents is 1. The Morgan fingerprint density at radius 3 is 2.51 bits per heavy atom. The number of nitrogens with zero attached hydrogens (tertiary/aromatic N) is 1. The van der Waals surface area contributed by atoms with E-state index < -0.39 is 10.8 Å². The van der Waals surface area contributed by atoms with Gasteiger partial charge in [-0.15, -0.1) is 0 Å². The van der Waals surface area contributed by atoms with E-state index in [2.05, 4.69) is 5.32 Å². The molecule has 1 aromatic heterocycles. The summed E-state index contributed by atoms with van der Waals surface area (Å²) in [4.78, 5) is 25.2. The van der Waals surface area contributed by atoms with Crippen LogP contribution in [0.3, 0.4) is 0 Å². The first-order chi connectivity index (χ1) is 16.8. The number of carbonyl (C=O) groups excluding carboxylic acids is 1. The molecule has 0 spiro atoms. The van der Waals surface area contributed by atoms with Gasteiger partial charge in [0, 0.05) is 32.6 Å². The predicted octanol–water partition coefficient (Wildman–Crippen LogP) is 7.44. The number of nitrogens with one attached hydrogen (secondary N) is 1. The molecule has 0 aliphatic carbocycles. The van der Waals surface area contributed by atoms with Crippen LogP contribution in [0.5, 0.6) is 5.75 Å². The molecule has 0 unspecified atom stereocenters. The summed E-state index contributed by atoms with van der Waals surface area (Å²) in [6.07, 6.45) is 0. The van der Waals surface area contributed by atoms with Crippen LogP contribution in [-0.4, -0.2) is 10.8 Å². The van der Waals surface area contributed by atoms with Gasteiger partial charge in [0.05, 0.1) is 4.92 Å². The van der Waals surface area contributed by atoms with Gasteiger partial charge in [-0.1, -0.05) is 41.1 Å². The Morgan fingerprint density at radius 1 is 1.03 bits per heavy atom. The van der Waals surface area contributed by atoms with Gasteiger partial charge in [-0.2, -0.15) is 0 Å². The molecule has 0 atom stereocenters. The Labute approximate surface area is 211 Å². The number of ether oxygens (including phenoxy) is 1. The Balaban J connectivity index is 1.45. The Hall–Kier alpha value is -3.75. The number of furan rings is 1. The van der Waals surface area contributed by atoms with Crippen LogP contribution in [0, 0.1) is 24.0 Å². The van der Waals surface area contributed by atoms with Crippen LogP contribution in [0.1, 0.15) is 27.4 Å². The second-order valence-electron chi connectivity index (χ2n) is 7.81. The van der Waals surface area contributed by atoms with Crippen LogP contribution in [0.15, 0.2) is 87.0 Å². The minimum atomic E-state index is -0.523. The zero-order valence-electron chi connectivity index (χ0n) is 18.9. The molecule has 1 N–H and O–H groups in total. The Bertz CT molecular complexity index is 1390. The van der Waals surface area contributed by atoms with Gasteiger partial charge in [-0.05, 0) is 67.9 Å². The van der Waals surface area contributed by atoms with Gasteiger partial charge in [0.2, 0.25) is 0 Å². The number of anilines is 1. The van der Waals surface area contributed by atoms with Gasteiger partial charge in [0.25, 0.3) is 11.6 Å². The highest BCUT2D eigenvalue weighted by atomic mass is 35.5. The minimum absolute atomic E-state index is 0.0649. The largest absolute Gasteiger partial charge is 0.486 e. The van der Waals surface area contributed by atoms with Crippen LogP contribution < -0.4 is 10.1 Å². The molecule has 0 fully saturated rings. The van der Waals surface area contributed by atoms with Gasteiger partial charge in [-0.3, -0.25) is 14.9 Å². The first kappa shape index (κ1) is 24.4. The van der Waals surface area contributed by atoms with Crippen LogP contribution in [-0.2, 0) is 6.61 Å². The van der Waals surface area contributed by atoms with E-state index in [0.717, 1.165) is 16.0 Å². The highest BCUT2D eigenvalue weighted by molar-refractivity contribution is 7.99. The summed E-state index contributed by atoms with van der Waals surface area (Å²) in [5.41, 5.74) is 2.18. The van der Waals surface area contributed by atoms with E-state index in [-0.39, 0.29) is 18.1 Å². The quantitative estimate of drug-likeness (QED) is 0.196. The Kier molecular flexibility index (Phi) is 7.43. The zero-order chi connectivity index (χ0) is 24.9. The monoisotopic (exact) mass is 508 g/mol. The topological polar surface area (TPSA) is 94.6 Å². The molecule has 35 heavy (non-hydrogen) atoms. The molecular formula is C26H21ClN2O5S. The third kappa shape index (κ3) is 6.44. The van der Waals surface area contributed by atoms with Gasteiger partial charge < -0.3 is 14.5 Å². The molecule has 0 aliphatic heterocycles. The lowest BCUT2D eigenvalue weighted by atomic mass is 10.2. The average molecular weight is 509 g/mol. The van der Waals surface area contributed by atoms with E-state index in [0.29, 0.717) is 27.1 Å². The van der Waals surface area contributed by atoms with Crippen molar-refractivity contribution in [2.45, 2.75) is 30.2 Å². The molecule has 0 saturated carbocycles. The third-order valence-electron chi connectivity index (χ3n) is 5.01. The van der Waals surface area contributed by atoms with E-state index in [1.54, 1.807) is 24.3 Å². The Morgan fingerprint density at radius 2 is 1.80 bits per heavy atom. The lowest BCUT2D eigenvalue weighted by molar-refractivity contribution is -0.385. The van der Waals surface area contributed by atoms with Crippen LogP contribution in [0.4, 0.5) is 11.4 Å². The molecule has 1 heterocycles. The standard InChI is InChI=1S/C26H21ClN2O5S/c1-16-3-7-22(8-4-16)35-23-13-18(12-19(14-23)29(31)32)28-26(30)25-10-6-21(34-25)15-33-20-5-9-24(27)17(2)11-20/h3-14H,15H2,1-2H3,(H,28,30). The summed E-state index contributed by atoms with van der Waals surface area (Å²) >= 11 is 7.40. The molecular weight excluding hydrogens is 488 g/mol. The molecule has 0 bridgehead atoms. The normalized spacial score (nSPS) is 10.7. The molecule has 3 aromatic carbocycles. The number of benzene rings is 3. The molecule has 7 nitrogen and oxygen atoms in total. The molecule has 1 amide bonds. The van der Waals surface area contributed by atoms with Crippen molar-refractivity contribution in [1.82, 2.24) is 0 Å². The lowest BCUT2D eigenvalue weighted by Gasteiger charge is -2.08. The molecule has 0 radical (unpaired) electrons. The highest BCUT2D eigenvalue weighted by Crippen LogP contribution is 2.33. The molecule has 0 saturated heterocycles. The summed E-state index contributed by atoms with van der Waals surface area (Å²) < 4.78 is 11.3. The average Bonchev–Trinajstić information content (AvgIpc) is 3.30. The number of nitro benzene ring substituents is 1. The summed E-state index contributed by atoms with van der Waals surface area (Å²) in [6.45, 7) is 3.99.